The normalized spacial score (nSPS) is 32.3. The highest BCUT2D eigenvalue weighted by Gasteiger charge is 2.68. The Hall–Kier alpha value is -5.32. The Morgan fingerprint density at radius 3 is 1.36 bits per heavy atom. The molecule has 28 nitrogen and oxygen atoms in total. The van der Waals surface area contributed by atoms with E-state index in [9.17, 15) is 99.6 Å². The first-order chi connectivity index (χ1) is 50.0. The van der Waals surface area contributed by atoms with Gasteiger partial charge in [0.05, 0.1) is 135 Å². The number of aliphatic hydroxyl groups excluding tert-OH is 11. The maximum Gasteiger partial charge on any atom is 0.302 e. The fourth-order valence-electron chi connectivity index (χ4n) is 14.5. The van der Waals surface area contributed by atoms with E-state index in [0.717, 1.165) is 0 Å². The van der Waals surface area contributed by atoms with Gasteiger partial charge in [-0.3, -0.25) is 38.4 Å². The Morgan fingerprint density at radius 1 is 0.551 bits per heavy atom. The van der Waals surface area contributed by atoms with Crippen molar-refractivity contribution in [2.24, 2.45) is 59.2 Å². The Kier molecular flexibility index (Phi) is 38.0. The van der Waals surface area contributed by atoms with Crippen LogP contribution in [0.2, 0.25) is 0 Å². The summed E-state index contributed by atoms with van der Waals surface area (Å²) >= 11 is 0. The van der Waals surface area contributed by atoms with Crippen LogP contribution in [0.15, 0.2) is 72.9 Å². The maximum atomic E-state index is 12.9. The zero-order chi connectivity index (χ0) is 81.8. The molecule has 7 unspecified atom stereocenters. The number of ketones is 6. The third-order valence-electron chi connectivity index (χ3n) is 21.6. The summed E-state index contributed by atoms with van der Waals surface area (Å²) in [4.78, 5) is 95.8. The van der Waals surface area contributed by atoms with E-state index in [0.29, 0.717) is 12.8 Å². The number of rotatable bonds is 41. The molecule has 28 atom stereocenters. The number of esters is 2. The summed E-state index contributed by atoms with van der Waals surface area (Å²) in [7, 11) is 0. The highest BCUT2D eigenvalue weighted by molar-refractivity contribution is 5.99. The van der Waals surface area contributed by atoms with E-state index < -0.39 is 174 Å². The van der Waals surface area contributed by atoms with Crippen LogP contribution < -0.4 is 0 Å². The minimum atomic E-state index is -1.51. The summed E-state index contributed by atoms with van der Waals surface area (Å²) in [6.45, 7) is 34.6. The predicted octanol–water partition coefficient (Wildman–Crippen LogP) is 3.89. The summed E-state index contributed by atoms with van der Waals surface area (Å²) in [5.41, 5.74) is -2.94. The second-order valence-electron chi connectivity index (χ2n) is 29.6. The number of ether oxygens (including phenoxy) is 8. The Morgan fingerprint density at radius 2 is 0.963 bits per heavy atom. The van der Waals surface area contributed by atoms with Gasteiger partial charge in [0.25, 0.3) is 0 Å². The van der Waals surface area contributed by atoms with Crippen LogP contribution in [-0.2, 0) is 76.3 Å². The number of allylic oxidation sites excluding steroid dienone is 4. The summed E-state index contributed by atoms with van der Waals surface area (Å²) < 4.78 is 44.6. The molecular formula is C79H126O28. The van der Waals surface area contributed by atoms with Crippen molar-refractivity contribution in [1.29, 1.82) is 0 Å². The number of carbonyl (C=O) groups excluding carboxylic acids is 8. The van der Waals surface area contributed by atoms with Gasteiger partial charge in [0, 0.05) is 93.6 Å². The topological polar surface area (TPSA) is 463 Å². The monoisotopic (exact) mass is 1520 g/mol. The molecule has 28 heteroatoms. The van der Waals surface area contributed by atoms with Crippen LogP contribution in [0.3, 0.4) is 0 Å². The van der Waals surface area contributed by atoms with E-state index in [1.165, 1.54) is 13.8 Å². The lowest BCUT2D eigenvalue weighted by atomic mass is 9.78. The second kappa shape index (κ2) is 42.4. The van der Waals surface area contributed by atoms with Crippen molar-refractivity contribution in [1.82, 2.24) is 0 Å². The maximum absolute atomic E-state index is 12.9. The van der Waals surface area contributed by atoms with Gasteiger partial charge in [-0.05, 0) is 54.9 Å². The SMILES string of the molecule is C/C=C\[C@H](C)[C@H]1O[C@]1(C)[C@@H](O)[C@@H](CO)C(=O)C(CO)C(O)CC(=O)CC.C/C=C\[C@H](C)[C@H]1O[C@]1(C)[C@@H](O)[C@@H](CO)C(=O)C1COC(O)(CC)CC1O.C=C(C(=O)[C@H](COC(C)=O)[C@H](O)[C@@]1(C)O[C@@H]1[C@@H](C)/C=C\C)C(O)CC(=O)CC.C=C(C(O)CC(=O)CC)[C@@]12O[C@@H]([C@@H](O)[C@H]1COC(C)=O)[C@@H]([C@@H](C)/C=C\C)O2. The molecule has 107 heavy (non-hydrogen) atoms. The molecule has 6 fully saturated rings. The molecule has 0 aromatic heterocycles. The van der Waals surface area contributed by atoms with Gasteiger partial charge < -0.3 is 99.2 Å². The fourth-order valence-corrected chi connectivity index (χ4v) is 14.5. The van der Waals surface area contributed by atoms with E-state index in [1.54, 1.807) is 48.5 Å². The summed E-state index contributed by atoms with van der Waals surface area (Å²) in [6.07, 6.45) is 4.03. The van der Waals surface area contributed by atoms with Crippen molar-refractivity contribution in [2.75, 3.05) is 39.6 Å². The Balaban J connectivity index is 0.000000370. The third-order valence-corrected chi connectivity index (χ3v) is 21.6. The molecule has 0 aliphatic carbocycles. The quantitative estimate of drug-likeness (QED) is 0.0179. The zero-order valence-electron chi connectivity index (χ0n) is 65.6. The molecule has 6 rings (SSSR count). The van der Waals surface area contributed by atoms with E-state index in [4.69, 9.17) is 37.9 Å². The molecule has 6 aliphatic heterocycles. The first kappa shape index (κ1) is 95.9. The average molecular weight is 1520 g/mol. The zero-order valence-corrected chi connectivity index (χ0v) is 65.6. The third kappa shape index (κ3) is 24.1. The first-order valence-electron chi connectivity index (χ1n) is 37.3. The van der Waals surface area contributed by atoms with Crippen LogP contribution in [0.1, 0.15) is 169 Å². The number of hydrogen-bond acceptors (Lipinski definition) is 28. The Labute approximate surface area is 630 Å². The minimum Gasteiger partial charge on any atom is -0.465 e. The standard InChI is InChI=1S/C21H32O7.C20H30O7.2C19H32O7/c1-7-9-12(3)20-21(6,28-20)19(26)16(11-27-14(5)22)18(25)13(4)17(24)10-15(23)8-2;1-6-8-11(3)18-19-17(24)15(10-25-13(5)21)20(26-18,27-19)12(4)16(23)9-14(22)7-2;1-5-7-11(3)17-18(4,26-17)16(23)12(9-20)15(22)13-10-25-19(24,6-2)8-14(13)21;1-5-7-11(3)18-19(4,26-18)17(25)14(10-21)16(24)13(9-20)15(23)8-12(22)6-2/h7,9,12,16-17,19-20,24,26H,4,8,10-11H2,1-3,5-6H3;6,8,11,15-19,23-24H,4,7,9-10H2,1-3,5H3;5,7,11-14,16-17,20-21,23-24H,6,8-10H2,1-4H3;5,7,11,13-15,17-18,20-21,23,25H,6,8-10H2,1-4H3/b9-7-;8-6-;2*7-5-/t12-,16-,17?,19-,20+,21+;11-,15+,16?,17-,18+,19-,20+;11-,12-,13?,14?,16-,17+,18+,19?;11-,13?,14-,15?,17-,18+,19+/m0000/s1. The second-order valence-corrected chi connectivity index (χ2v) is 29.6. The van der Waals surface area contributed by atoms with Crippen molar-refractivity contribution in [3.63, 3.8) is 0 Å². The molecule has 0 aromatic carbocycles. The van der Waals surface area contributed by atoms with E-state index in [2.05, 4.69) is 13.2 Å². The molecule has 610 valence electrons. The lowest BCUT2D eigenvalue weighted by Gasteiger charge is -2.40. The number of carbonyl (C=O) groups is 8. The van der Waals surface area contributed by atoms with Crippen LogP contribution in [-0.4, -0.2) is 255 Å². The number of Topliss-reactive ketones (excluding diaryl/α,β-unsaturated/α-hetero) is 6. The molecule has 12 N–H and O–H groups in total. The fraction of sp³-hybridized carbons (Fsp3) is 0.747. The van der Waals surface area contributed by atoms with Gasteiger partial charge in [0.15, 0.2) is 11.6 Å². The number of aliphatic hydroxyl groups is 12. The summed E-state index contributed by atoms with van der Waals surface area (Å²) in [5.74, 6) is -12.7. The largest absolute Gasteiger partial charge is 0.465 e. The molecule has 6 aliphatic rings. The molecule has 0 radical (unpaired) electrons. The molecule has 6 saturated heterocycles. The number of fused-ring (bicyclic) bond motifs is 2. The molecular weight excluding hydrogens is 1400 g/mol. The lowest BCUT2D eigenvalue weighted by molar-refractivity contribution is -0.258. The van der Waals surface area contributed by atoms with Crippen LogP contribution in [0.25, 0.3) is 0 Å². The Bertz CT molecular complexity index is 3110. The number of hydrogen-bond donors (Lipinski definition) is 12. The molecule has 0 amide bonds. The van der Waals surface area contributed by atoms with E-state index >= 15 is 0 Å². The van der Waals surface area contributed by atoms with Crippen LogP contribution >= 0.6 is 0 Å². The van der Waals surface area contributed by atoms with E-state index in [1.807, 2.05) is 104 Å². The van der Waals surface area contributed by atoms with Gasteiger partial charge in [0.2, 0.25) is 5.79 Å². The molecule has 2 bridgehead atoms. The average Bonchev–Trinajstić information content (AvgIpc) is 1.57. The predicted molar refractivity (Wildman–Crippen MR) is 391 cm³/mol. The summed E-state index contributed by atoms with van der Waals surface area (Å²) in [5, 5.41) is 123. The first-order valence-corrected chi connectivity index (χ1v) is 37.3. The van der Waals surface area contributed by atoms with Gasteiger partial charge in [0.1, 0.15) is 65.0 Å². The highest BCUT2D eigenvalue weighted by atomic mass is 16.8. The lowest BCUT2D eigenvalue weighted by Crippen LogP contribution is -2.53. The van der Waals surface area contributed by atoms with Crippen molar-refractivity contribution in [3.8, 4) is 0 Å². The van der Waals surface area contributed by atoms with E-state index in [-0.39, 0.29) is 129 Å². The van der Waals surface area contributed by atoms with Gasteiger partial charge in [-0.25, -0.2) is 0 Å². The van der Waals surface area contributed by atoms with Crippen LogP contribution in [0, 0.1) is 59.2 Å². The van der Waals surface area contributed by atoms with Gasteiger partial charge in [-0.1, -0.05) is 117 Å². The van der Waals surface area contributed by atoms with Crippen molar-refractivity contribution >= 4 is 46.6 Å². The highest BCUT2D eigenvalue weighted by Crippen LogP contribution is 2.54. The van der Waals surface area contributed by atoms with Crippen molar-refractivity contribution < 1.29 is 138 Å². The molecule has 0 saturated carbocycles. The van der Waals surface area contributed by atoms with Gasteiger partial charge in [-0.2, -0.15) is 0 Å². The molecule has 0 aromatic rings. The smallest absolute Gasteiger partial charge is 0.302 e. The van der Waals surface area contributed by atoms with Crippen LogP contribution in [0.4, 0.5) is 0 Å². The molecule has 6 heterocycles. The van der Waals surface area contributed by atoms with Gasteiger partial charge >= 0.3 is 11.9 Å². The number of epoxide rings is 3. The summed E-state index contributed by atoms with van der Waals surface area (Å²) in [6, 6.07) is 0. The minimum absolute atomic E-state index is 0.0186. The van der Waals surface area contributed by atoms with Crippen molar-refractivity contribution in [3.05, 3.63) is 72.9 Å². The van der Waals surface area contributed by atoms with Crippen molar-refractivity contribution in [2.45, 2.75) is 277 Å². The molecule has 0 spiro atoms. The van der Waals surface area contributed by atoms with Gasteiger partial charge in [-0.15, -0.1) is 0 Å². The van der Waals surface area contributed by atoms with Crippen LogP contribution in [0.5, 0.6) is 0 Å².